The first-order valence-corrected chi connectivity index (χ1v) is 11.2. The van der Waals surface area contributed by atoms with E-state index in [0.29, 0.717) is 34.7 Å². The van der Waals surface area contributed by atoms with Crippen LogP contribution in [0.1, 0.15) is 11.3 Å². The van der Waals surface area contributed by atoms with Crippen LogP contribution in [0, 0.1) is 0 Å². The summed E-state index contributed by atoms with van der Waals surface area (Å²) in [5.41, 5.74) is 4.18. The Morgan fingerprint density at radius 3 is 2.43 bits per heavy atom. The molecular weight excluding hydrogens is 438 g/mol. The van der Waals surface area contributed by atoms with Crippen LogP contribution in [-0.2, 0) is 6.42 Å². The molecule has 0 fully saturated rings. The molecule has 0 saturated heterocycles. The SMILES string of the molecule is CN(C(=O)Nc1cccc(-n2c(=O)c(Cc3ccccc3)nc3cccnc32)c1)c1ccccc1. The average Bonchev–Trinajstić information content (AvgIpc) is 2.90. The van der Waals surface area contributed by atoms with Crippen LogP contribution in [0.4, 0.5) is 16.2 Å². The molecule has 2 heterocycles. The van der Waals surface area contributed by atoms with Crippen LogP contribution in [-0.4, -0.2) is 27.6 Å². The van der Waals surface area contributed by atoms with E-state index >= 15 is 0 Å². The van der Waals surface area contributed by atoms with Crippen molar-refractivity contribution in [2.24, 2.45) is 0 Å². The number of carbonyl (C=O) groups excluding carboxylic acids is 1. The standard InChI is InChI=1S/C28H23N5O2/c1-32(22-13-6-3-7-14-22)28(35)30-21-12-8-15-23(19-21)33-26-24(16-9-17-29-26)31-25(27(33)34)18-20-10-4-2-5-11-20/h2-17,19H,18H2,1H3,(H,30,35). The van der Waals surface area contributed by atoms with Crippen molar-refractivity contribution in [1.29, 1.82) is 0 Å². The highest BCUT2D eigenvalue weighted by Gasteiger charge is 2.16. The van der Waals surface area contributed by atoms with Gasteiger partial charge in [0.15, 0.2) is 5.65 Å². The van der Waals surface area contributed by atoms with E-state index in [1.165, 1.54) is 4.90 Å². The van der Waals surface area contributed by atoms with Gasteiger partial charge < -0.3 is 5.32 Å². The number of anilines is 2. The molecule has 0 aliphatic carbocycles. The summed E-state index contributed by atoms with van der Waals surface area (Å²) in [7, 11) is 1.70. The first-order chi connectivity index (χ1) is 17.1. The first-order valence-electron chi connectivity index (χ1n) is 11.2. The minimum atomic E-state index is -0.289. The fourth-order valence-corrected chi connectivity index (χ4v) is 3.91. The zero-order valence-corrected chi connectivity index (χ0v) is 19.1. The van der Waals surface area contributed by atoms with E-state index in [4.69, 9.17) is 0 Å². The van der Waals surface area contributed by atoms with Crippen LogP contribution in [0.3, 0.4) is 0 Å². The summed E-state index contributed by atoms with van der Waals surface area (Å²) >= 11 is 0. The Morgan fingerprint density at radius 2 is 1.66 bits per heavy atom. The number of aromatic nitrogens is 3. The molecule has 0 bridgehead atoms. The summed E-state index contributed by atoms with van der Waals surface area (Å²) in [4.78, 5) is 37.0. The van der Waals surface area contributed by atoms with Crippen molar-refractivity contribution in [2.75, 3.05) is 17.3 Å². The van der Waals surface area contributed by atoms with E-state index in [2.05, 4.69) is 15.3 Å². The fourth-order valence-electron chi connectivity index (χ4n) is 3.91. The van der Waals surface area contributed by atoms with E-state index in [9.17, 15) is 9.59 Å². The van der Waals surface area contributed by atoms with Crippen LogP contribution >= 0.6 is 0 Å². The first kappa shape index (κ1) is 22.0. The lowest BCUT2D eigenvalue weighted by molar-refractivity contribution is 0.258. The summed E-state index contributed by atoms with van der Waals surface area (Å²) < 4.78 is 1.55. The highest BCUT2D eigenvalue weighted by Crippen LogP contribution is 2.20. The van der Waals surface area contributed by atoms with Crippen molar-refractivity contribution < 1.29 is 4.79 Å². The van der Waals surface area contributed by atoms with E-state index in [1.54, 1.807) is 42.1 Å². The number of rotatable bonds is 5. The Balaban J connectivity index is 1.53. The van der Waals surface area contributed by atoms with Gasteiger partial charge in [0.2, 0.25) is 0 Å². The molecule has 1 N–H and O–H groups in total. The van der Waals surface area contributed by atoms with E-state index in [-0.39, 0.29) is 11.6 Å². The van der Waals surface area contributed by atoms with Gasteiger partial charge in [0.1, 0.15) is 11.2 Å². The summed E-state index contributed by atoms with van der Waals surface area (Å²) in [5, 5.41) is 2.91. The van der Waals surface area contributed by atoms with Crippen LogP contribution in [0.2, 0.25) is 0 Å². The molecule has 172 valence electrons. The van der Waals surface area contributed by atoms with Gasteiger partial charge in [0.25, 0.3) is 5.56 Å². The normalized spacial score (nSPS) is 10.8. The number of benzene rings is 3. The van der Waals surface area contributed by atoms with Gasteiger partial charge in [0, 0.05) is 31.0 Å². The van der Waals surface area contributed by atoms with E-state index in [0.717, 1.165) is 11.3 Å². The Hall–Kier alpha value is -4.78. The topological polar surface area (TPSA) is 80.1 Å². The number of urea groups is 1. The van der Waals surface area contributed by atoms with Gasteiger partial charge in [-0.3, -0.25) is 14.3 Å². The smallest absolute Gasteiger partial charge is 0.307 e. The monoisotopic (exact) mass is 461 g/mol. The third-order valence-corrected chi connectivity index (χ3v) is 5.70. The molecule has 5 rings (SSSR count). The quantitative estimate of drug-likeness (QED) is 0.398. The van der Waals surface area contributed by atoms with Gasteiger partial charge in [-0.1, -0.05) is 54.6 Å². The van der Waals surface area contributed by atoms with E-state index < -0.39 is 0 Å². The maximum Gasteiger partial charge on any atom is 0.326 e. The minimum absolute atomic E-state index is 0.245. The molecule has 0 aliphatic heterocycles. The summed E-state index contributed by atoms with van der Waals surface area (Å²) in [5.74, 6) is 0. The van der Waals surface area contributed by atoms with Crippen molar-refractivity contribution in [1.82, 2.24) is 14.5 Å². The Morgan fingerprint density at radius 1 is 0.914 bits per heavy atom. The lowest BCUT2D eigenvalue weighted by Gasteiger charge is -2.18. The van der Waals surface area contributed by atoms with Crippen LogP contribution in [0.15, 0.2) is 108 Å². The zero-order chi connectivity index (χ0) is 24.2. The molecule has 0 saturated carbocycles. The number of hydrogen-bond acceptors (Lipinski definition) is 4. The van der Waals surface area contributed by atoms with Gasteiger partial charge in [-0.15, -0.1) is 0 Å². The van der Waals surface area contributed by atoms with Crippen molar-refractivity contribution in [3.05, 3.63) is 125 Å². The predicted octanol–water partition coefficient (Wildman–Crippen LogP) is 5.04. The highest BCUT2D eigenvalue weighted by atomic mass is 16.2. The number of hydrogen-bond donors (Lipinski definition) is 1. The Labute approximate surface area is 202 Å². The predicted molar refractivity (Wildman–Crippen MR) is 138 cm³/mol. The third-order valence-electron chi connectivity index (χ3n) is 5.70. The Bertz CT molecular complexity index is 1550. The van der Waals surface area contributed by atoms with Gasteiger partial charge in [-0.2, -0.15) is 0 Å². The second-order valence-electron chi connectivity index (χ2n) is 8.08. The fraction of sp³-hybridized carbons (Fsp3) is 0.0714. The number of nitrogens with zero attached hydrogens (tertiary/aromatic N) is 4. The molecule has 0 unspecified atom stereocenters. The minimum Gasteiger partial charge on any atom is -0.307 e. The van der Waals surface area contributed by atoms with Gasteiger partial charge in [-0.25, -0.2) is 14.8 Å². The van der Waals surface area contributed by atoms with Crippen LogP contribution in [0.25, 0.3) is 16.9 Å². The van der Waals surface area contributed by atoms with Crippen molar-refractivity contribution in [2.45, 2.75) is 6.42 Å². The number of amides is 2. The zero-order valence-electron chi connectivity index (χ0n) is 19.1. The van der Waals surface area contributed by atoms with Crippen LogP contribution < -0.4 is 15.8 Å². The average molecular weight is 462 g/mol. The van der Waals surface area contributed by atoms with Gasteiger partial charge in [-0.05, 0) is 48.0 Å². The molecule has 0 spiro atoms. The number of para-hydroxylation sites is 1. The summed E-state index contributed by atoms with van der Waals surface area (Å²) in [6.07, 6.45) is 2.04. The maximum atomic E-state index is 13.6. The lowest BCUT2D eigenvalue weighted by Crippen LogP contribution is -2.31. The molecule has 0 atom stereocenters. The molecule has 0 aliphatic rings. The number of fused-ring (bicyclic) bond motifs is 1. The summed E-state index contributed by atoms with van der Waals surface area (Å²) in [6, 6.07) is 29.6. The lowest BCUT2D eigenvalue weighted by atomic mass is 10.1. The van der Waals surface area contributed by atoms with Crippen molar-refractivity contribution >= 4 is 28.6 Å². The largest absolute Gasteiger partial charge is 0.326 e. The van der Waals surface area contributed by atoms with Crippen molar-refractivity contribution in [3.63, 3.8) is 0 Å². The molecule has 2 aromatic heterocycles. The number of pyridine rings is 1. The molecule has 3 aromatic carbocycles. The molecular formula is C28H23N5O2. The molecule has 7 nitrogen and oxygen atoms in total. The van der Waals surface area contributed by atoms with E-state index in [1.807, 2.05) is 72.8 Å². The molecule has 0 radical (unpaired) electrons. The maximum absolute atomic E-state index is 13.6. The second-order valence-corrected chi connectivity index (χ2v) is 8.08. The highest BCUT2D eigenvalue weighted by molar-refractivity contribution is 6.01. The number of carbonyl (C=O) groups is 1. The number of nitrogens with one attached hydrogen (secondary N) is 1. The van der Waals surface area contributed by atoms with Crippen molar-refractivity contribution in [3.8, 4) is 5.69 Å². The molecule has 35 heavy (non-hydrogen) atoms. The Kier molecular flexibility index (Phi) is 6.05. The molecule has 5 aromatic rings. The van der Waals surface area contributed by atoms with Crippen LogP contribution in [0.5, 0.6) is 0 Å². The summed E-state index contributed by atoms with van der Waals surface area (Å²) in [6.45, 7) is 0. The van der Waals surface area contributed by atoms with Gasteiger partial charge >= 0.3 is 6.03 Å². The second kappa shape index (κ2) is 9.61. The van der Waals surface area contributed by atoms with Gasteiger partial charge in [0.05, 0.1) is 5.69 Å². The third kappa shape index (κ3) is 4.65. The molecule has 7 heteroatoms. The molecule has 2 amide bonds.